The molecule has 3 rings (SSSR count). The Morgan fingerprint density at radius 1 is 1.22 bits per heavy atom. The minimum absolute atomic E-state index is 0.436. The second-order valence-electron chi connectivity index (χ2n) is 7.16. The average molecular weight is 315 g/mol. The van der Waals surface area contributed by atoms with Crippen LogP contribution in [-0.4, -0.2) is 34.4 Å². The molecule has 1 unspecified atom stereocenters. The number of hydrogen-bond acceptors (Lipinski definition) is 3. The van der Waals surface area contributed by atoms with E-state index in [2.05, 4.69) is 4.98 Å². The van der Waals surface area contributed by atoms with Crippen molar-refractivity contribution in [2.75, 3.05) is 0 Å². The first-order valence-corrected chi connectivity index (χ1v) is 7.82. The molecule has 2 heterocycles. The number of carboxylic acids is 1. The molecule has 0 bridgehead atoms. The second-order valence-corrected chi connectivity index (χ2v) is 7.16. The molecule has 1 aromatic carbocycles. The lowest BCUT2D eigenvalue weighted by atomic mass is 9.75. The van der Waals surface area contributed by atoms with Crippen molar-refractivity contribution in [3.05, 3.63) is 30.0 Å². The minimum Gasteiger partial charge on any atom is -0.481 e. The maximum atomic E-state index is 11.4. The monoisotopic (exact) mass is 315 g/mol. The number of benzene rings is 1. The van der Waals surface area contributed by atoms with Crippen LogP contribution in [0.5, 0.6) is 0 Å². The van der Waals surface area contributed by atoms with Gasteiger partial charge in [-0.15, -0.1) is 0 Å². The molecule has 1 aliphatic rings. The number of carbonyl (C=O) groups is 1. The van der Waals surface area contributed by atoms with E-state index >= 15 is 0 Å². The molecule has 23 heavy (non-hydrogen) atoms. The van der Waals surface area contributed by atoms with E-state index in [0.717, 1.165) is 21.9 Å². The summed E-state index contributed by atoms with van der Waals surface area (Å²) in [6.45, 7) is 9.71. The van der Waals surface area contributed by atoms with Crippen molar-refractivity contribution >= 4 is 29.5 Å². The molecule has 1 fully saturated rings. The van der Waals surface area contributed by atoms with Crippen LogP contribution in [0.1, 0.15) is 46.1 Å². The highest BCUT2D eigenvalue weighted by Crippen LogP contribution is 2.37. The Morgan fingerprint density at radius 3 is 2.39 bits per heavy atom. The molecule has 1 atom stereocenters. The van der Waals surface area contributed by atoms with Gasteiger partial charge in [0.2, 0.25) is 0 Å². The Bertz CT molecular complexity index is 749. The molecule has 122 valence electrons. The van der Waals surface area contributed by atoms with Gasteiger partial charge in [0.25, 0.3) is 0 Å². The van der Waals surface area contributed by atoms with E-state index in [-0.39, 0.29) is 0 Å². The summed E-state index contributed by atoms with van der Waals surface area (Å²) in [6, 6.07) is 5.80. The van der Waals surface area contributed by atoms with Crippen LogP contribution in [-0.2, 0) is 14.1 Å². The highest BCUT2D eigenvalue weighted by molar-refractivity contribution is 6.65. The summed E-state index contributed by atoms with van der Waals surface area (Å²) >= 11 is 0. The summed E-state index contributed by atoms with van der Waals surface area (Å²) in [5, 5.41) is 10.2. The van der Waals surface area contributed by atoms with Gasteiger partial charge in [0.15, 0.2) is 0 Å². The fraction of sp³-hybridized carbons (Fsp3) is 0.471. The molecule has 0 spiro atoms. The van der Waals surface area contributed by atoms with E-state index < -0.39 is 30.2 Å². The smallest absolute Gasteiger partial charge is 0.481 e. The Kier molecular flexibility index (Phi) is 3.57. The molecular weight excluding hydrogens is 293 g/mol. The van der Waals surface area contributed by atoms with E-state index in [1.165, 1.54) is 0 Å². The lowest BCUT2D eigenvalue weighted by molar-refractivity contribution is -0.138. The van der Waals surface area contributed by atoms with Gasteiger partial charge in [-0.3, -0.25) is 4.79 Å². The Hall–Kier alpha value is -1.79. The molecule has 0 radical (unpaired) electrons. The number of hydrogen-bond donors (Lipinski definition) is 2. The zero-order chi connectivity index (χ0) is 17.0. The number of aromatic nitrogens is 1. The van der Waals surface area contributed by atoms with E-state index in [9.17, 15) is 9.90 Å². The number of aliphatic carboxylic acids is 1. The number of aromatic amines is 1. The third kappa shape index (κ3) is 2.46. The molecule has 0 amide bonds. The van der Waals surface area contributed by atoms with Crippen molar-refractivity contribution < 1.29 is 19.2 Å². The van der Waals surface area contributed by atoms with Crippen LogP contribution in [0.3, 0.4) is 0 Å². The summed E-state index contributed by atoms with van der Waals surface area (Å²) in [6.07, 6.45) is 1.76. The van der Waals surface area contributed by atoms with Crippen molar-refractivity contribution in [2.24, 2.45) is 0 Å². The SMILES string of the molecule is CC(C(=O)O)c1c[nH]c2cccc(B3OC(C)(C)C(C)(C)O3)c12. The summed E-state index contributed by atoms with van der Waals surface area (Å²) in [5.74, 6) is -1.46. The van der Waals surface area contributed by atoms with Gasteiger partial charge in [0.05, 0.1) is 17.1 Å². The molecule has 0 saturated carbocycles. The number of rotatable bonds is 3. The third-order valence-corrected chi connectivity index (χ3v) is 5.11. The Morgan fingerprint density at radius 2 is 1.83 bits per heavy atom. The maximum Gasteiger partial charge on any atom is 0.495 e. The molecule has 1 saturated heterocycles. The zero-order valence-corrected chi connectivity index (χ0v) is 14.1. The van der Waals surface area contributed by atoms with E-state index in [4.69, 9.17) is 9.31 Å². The number of nitrogens with one attached hydrogen (secondary N) is 1. The average Bonchev–Trinajstić information content (AvgIpc) is 2.96. The predicted octanol–water partition coefficient (Wildman–Crippen LogP) is 2.66. The molecule has 1 aliphatic heterocycles. The molecule has 0 aliphatic carbocycles. The first kappa shape index (κ1) is 16.1. The fourth-order valence-electron chi connectivity index (χ4n) is 2.88. The standard InChI is InChI=1S/C17H22BNO4/c1-10(15(20)21)11-9-19-13-8-6-7-12(14(11)13)18-22-16(2,3)17(4,5)23-18/h6-10,19H,1-5H3,(H,20,21). The molecule has 2 aromatic rings. The number of fused-ring (bicyclic) bond motifs is 1. The largest absolute Gasteiger partial charge is 0.495 e. The van der Waals surface area contributed by atoms with Gasteiger partial charge in [-0.2, -0.15) is 0 Å². The van der Waals surface area contributed by atoms with Gasteiger partial charge in [0, 0.05) is 17.1 Å². The van der Waals surface area contributed by atoms with E-state index in [0.29, 0.717) is 0 Å². The van der Waals surface area contributed by atoms with Gasteiger partial charge in [0.1, 0.15) is 0 Å². The first-order chi connectivity index (χ1) is 10.6. The maximum absolute atomic E-state index is 11.4. The van der Waals surface area contributed by atoms with Gasteiger partial charge < -0.3 is 19.4 Å². The third-order valence-electron chi connectivity index (χ3n) is 5.11. The van der Waals surface area contributed by atoms with Crippen LogP contribution in [0, 0.1) is 0 Å². The first-order valence-electron chi connectivity index (χ1n) is 7.82. The van der Waals surface area contributed by atoms with Crippen LogP contribution in [0.2, 0.25) is 0 Å². The quantitative estimate of drug-likeness (QED) is 0.854. The fourth-order valence-corrected chi connectivity index (χ4v) is 2.88. The number of H-pyrrole nitrogens is 1. The normalized spacial score (nSPS) is 20.8. The lowest BCUT2D eigenvalue weighted by Gasteiger charge is -2.32. The van der Waals surface area contributed by atoms with Crippen LogP contribution in [0.4, 0.5) is 0 Å². The van der Waals surface area contributed by atoms with Crippen LogP contribution >= 0.6 is 0 Å². The molecular formula is C17H22BNO4. The minimum atomic E-state index is -0.852. The molecule has 6 heteroatoms. The van der Waals surface area contributed by atoms with Crippen molar-refractivity contribution in [3.63, 3.8) is 0 Å². The molecule has 1 aromatic heterocycles. The van der Waals surface area contributed by atoms with Crippen LogP contribution in [0.25, 0.3) is 10.9 Å². The summed E-state index contributed by atoms with van der Waals surface area (Å²) in [4.78, 5) is 14.6. The Balaban J connectivity index is 2.12. The predicted molar refractivity (Wildman–Crippen MR) is 90.1 cm³/mol. The summed E-state index contributed by atoms with van der Waals surface area (Å²) in [7, 11) is -0.515. The Labute approximate surface area is 136 Å². The van der Waals surface area contributed by atoms with Gasteiger partial charge in [-0.1, -0.05) is 12.1 Å². The van der Waals surface area contributed by atoms with Crippen molar-refractivity contribution in [2.45, 2.75) is 51.7 Å². The van der Waals surface area contributed by atoms with Crippen molar-refractivity contribution in [1.29, 1.82) is 0 Å². The highest BCUT2D eigenvalue weighted by Gasteiger charge is 2.52. The molecule has 5 nitrogen and oxygen atoms in total. The van der Waals surface area contributed by atoms with E-state index in [1.807, 2.05) is 45.9 Å². The highest BCUT2D eigenvalue weighted by atomic mass is 16.7. The van der Waals surface area contributed by atoms with Crippen LogP contribution < -0.4 is 5.46 Å². The lowest BCUT2D eigenvalue weighted by Crippen LogP contribution is -2.41. The summed E-state index contributed by atoms with van der Waals surface area (Å²) < 4.78 is 12.3. The van der Waals surface area contributed by atoms with Crippen molar-refractivity contribution in [3.8, 4) is 0 Å². The van der Waals surface area contributed by atoms with Gasteiger partial charge in [-0.25, -0.2) is 0 Å². The van der Waals surface area contributed by atoms with Gasteiger partial charge in [-0.05, 0) is 51.7 Å². The topological polar surface area (TPSA) is 71.5 Å². The molecule has 2 N–H and O–H groups in total. The second kappa shape index (κ2) is 5.11. The van der Waals surface area contributed by atoms with E-state index in [1.54, 1.807) is 13.1 Å². The zero-order valence-electron chi connectivity index (χ0n) is 14.1. The van der Waals surface area contributed by atoms with Crippen molar-refractivity contribution in [1.82, 2.24) is 4.98 Å². The summed E-state index contributed by atoms with van der Waals surface area (Å²) in [5.41, 5.74) is 1.63. The number of carboxylic acid groups (broad SMARTS) is 1. The van der Waals surface area contributed by atoms with Crippen LogP contribution in [0.15, 0.2) is 24.4 Å². The van der Waals surface area contributed by atoms with Gasteiger partial charge >= 0.3 is 13.1 Å².